The number of aliphatic carboxylic acids is 1. The first kappa shape index (κ1) is 27.2. The van der Waals surface area contributed by atoms with E-state index in [0.29, 0.717) is 17.4 Å². The van der Waals surface area contributed by atoms with Crippen molar-refractivity contribution in [3.8, 4) is 0 Å². The number of esters is 1. The van der Waals surface area contributed by atoms with Crippen LogP contribution in [0.4, 0.5) is 0 Å². The topological polar surface area (TPSA) is 76.7 Å². The number of ether oxygens (including phenoxy) is 1. The molecule has 0 aliphatic heterocycles. The van der Waals surface area contributed by atoms with Gasteiger partial charge in [0.15, 0.2) is 6.10 Å². The monoisotopic (exact) mass is 438 g/mol. The van der Waals surface area contributed by atoms with E-state index in [0.717, 1.165) is 56.5 Å². The molecule has 1 aromatic heterocycles. The van der Waals surface area contributed by atoms with Crippen molar-refractivity contribution in [1.82, 2.24) is 0 Å². The van der Waals surface area contributed by atoms with Crippen molar-refractivity contribution in [3.63, 3.8) is 0 Å². The normalized spacial score (nSPS) is 12.6. The van der Waals surface area contributed by atoms with Gasteiger partial charge in [-0.3, -0.25) is 9.59 Å². The van der Waals surface area contributed by atoms with Gasteiger partial charge in [-0.15, -0.1) is 0 Å². The number of quaternary nitrogens is 1. The van der Waals surface area contributed by atoms with E-state index in [1.807, 2.05) is 21.1 Å². The highest BCUT2D eigenvalue weighted by atomic mass is 16.5. The Kier molecular flexibility index (Phi) is 13.2. The van der Waals surface area contributed by atoms with E-state index in [1.54, 1.807) is 0 Å². The molecule has 1 atom stereocenters. The van der Waals surface area contributed by atoms with Crippen molar-refractivity contribution < 1.29 is 28.3 Å². The van der Waals surface area contributed by atoms with Crippen LogP contribution in [0.2, 0.25) is 0 Å². The summed E-state index contributed by atoms with van der Waals surface area (Å²) in [5, 5.41) is 9.03. The van der Waals surface area contributed by atoms with Gasteiger partial charge in [-0.25, -0.2) is 0 Å². The Labute approximate surface area is 188 Å². The molecule has 0 spiro atoms. The average molecular weight is 439 g/mol. The second-order valence-electron chi connectivity index (χ2n) is 9.63. The number of likely N-dealkylation sites (N-methyl/N-ethyl adjacent to an activating group) is 1. The van der Waals surface area contributed by atoms with Gasteiger partial charge in [0, 0.05) is 19.3 Å². The summed E-state index contributed by atoms with van der Waals surface area (Å²) in [6.45, 7) is 2.72. The van der Waals surface area contributed by atoms with Gasteiger partial charge in [0.05, 0.1) is 27.6 Å². The van der Waals surface area contributed by atoms with Crippen LogP contribution in [0.5, 0.6) is 0 Å². The molecule has 6 heteroatoms. The minimum Gasteiger partial charge on any atom is -0.481 e. The molecule has 0 saturated carbocycles. The van der Waals surface area contributed by atoms with Gasteiger partial charge in [0.25, 0.3) is 0 Å². The molecule has 1 aromatic rings. The number of carboxylic acid groups (broad SMARTS) is 1. The van der Waals surface area contributed by atoms with Gasteiger partial charge < -0.3 is 18.7 Å². The van der Waals surface area contributed by atoms with Gasteiger partial charge in [-0.1, -0.05) is 45.4 Å². The largest absolute Gasteiger partial charge is 0.481 e. The molecule has 0 saturated heterocycles. The van der Waals surface area contributed by atoms with Crippen molar-refractivity contribution in [2.24, 2.45) is 0 Å². The van der Waals surface area contributed by atoms with Crippen LogP contribution in [-0.4, -0.2) is 55.3 Å². The minimum absolute atomic E-state index is 0.144. The van der Waals surface area contributed by atoms with Crippen LogP contribution in [0.1, 0.15) is 89.1 Å². The Morgan fingerprint density at radius 1 is 0.935 bits per heavy atom. The first-order valence-electron chi connectivity index (χ1n) is 12.0. The zero-order valence-corrected chi connectivity index (χ0v) is 20.2. The van der Waals surface area contributed by atoms with Crippen molar-refractivity contribution >= 4 is 11.9 Å². The molecule has 0 aliphatic rings. The first-order valence-corrected chi connectivity index (χ1v) is 12.0. The van der Waals surface area contributed by atoms with Crippen LogP contribution in [0.15, 0.2) is 16.5 Å². The lowest BCUT2D eigenvalue weighted by atomic mass is 10.1. The number of furan rings is 1. The fraction of sp³-hybridized carbons (Fsp3) is 0.760. The lowest BCUT2D eigenvalue weighted by Crippen LogP contribution is -2.43. The van der Waals surface area contributed by atoms with Crippen LogP contribution in [0, 0.1) is 0 Å². The molecule has 1 unspecified atom stereocenters. The number of carbonyl (C=O) groups excluding carboxylic acids is 1. The van der Waals surface area contributed by atoms with Crippen LogP contribution >= 0.6 is 0 Å². The second kappa shape index (κ2) is 15.1. The van der Waals surface area contributed by atoms with Crippen molar-refractivity contribution in [1.29, 1.82) is 0 Å². The number of nitrogens with zero attached hydrogens (tertiary/aromatic N) is 1. The quantitative estimate of drug-likeness (QED) is 0.189. The van der Waals surface area contributed by atoms with Crippen molar-refractivity contribution in [2.45, 2.75) is 96.5 Å². The maximum absolute atomic E-state index is 12.1. The third-order valence-corrected chi connectivity index (χ3v) is 5.25. The van der Waals surface area contributed by atoms with E-state index in [-0.39, 0.29) is 12.4 Å². The van der Waals surface area contributed by atoms with Crippen molar-refractivity contribution in [2.75, 3.05) is 27.7 Å². The summed E-state index contributed by atoms with van der Waals surface area (Å²) >= 11 is 0. The van der Waals surface area contributed by atoms with Crippen LogP contribution in [0.25, 0.3) is 0 Å². The molecular weight excluding hydrogens is 394 g/mol. The summed E-state index contributed by atoms with van der Waals surface area (Å²) in [5.74, 6) is 0.958. The van der Waals surface area contributed by atoms with Gasteiger partial charge in [-0.2, -0.15) is 0 Å². The number of carbonyl (C=O) groups is 2. The fourth-order valence-corrected chi connectivity index (χ4v) is 3.71. The number of carboxylic acids is 1. The van der Waals surface area contributed by atoms with E-state index in [9.17, 15) is 9.59 Å². The number of hydrogen-bond donors (Lipinski definition) is 1. The summed E-state index contributed by atoms with van der Waals surface area (Å²) < 4.78 is 11.9. The number of hydrogen-bond acceptors (Lipinski definition) is 4. The smallest absolute Gasteiger partial charge is 0.307 e. The highest BCUT2D eigenvalue weighted by Gasteiger charge is 2.24. The van der Waals surface area contributed by atoms with Crippen LogP contribution < -0.4 is 0 Å². The van der Waals surface area contributed by atoms with Gasteiger partial charge in [0.2, 0.25) is 0 Å². The Hall–Kier alpha value is -1.82. The molecule has 0 aliphatic carbocycles. The first-order chi connectivity index (χ1) is 14.7. The Morgan fingerprint density at radius 3 is 2.03 bits per heavy atom. The average Bonchev–Trinajstić information content (AvgIpc) is 3.10. The van der Waals surface area contributed by atoms with Crippen molar-refractivity contribution in [3.05, 3.63) is 23.7 Å². The molecule has 6 nitrogen and oxygen atoms in total. The predicted molar refractivity (Wildman–Crippen MR) is 123 cm³/mol. The molecule has 0 fully saturated rings. The molecule has 1 rings (SSSR count). The van der Waals surface area contributed by atoms with Gasteiger partial charge in [0.1, 0.15) is 18.1 Å². The van der Waals surface area contributed by atoms with E-state index < -0.39 is 12.1 Å². The Bertz CT molecular complexity index is 632. The van der Waals surface area contributed by atoms with E-state index in [1.165, 1.54) is 25.7 Å². The second-order valence-corrected chi connectivity index (χ2v) is 9.63. The molecule has 31 heavy (non-hydrogen) atoms. The predicted octanol–water partition coefficient (Wildman–Crippen LogP) is 5.38. The van der Waals surface area contributed by atoms with E-state index in [2.05, 4.69) is 19.1 Å². The molecule has 1 N–H and O–H groups in total. The minimum atomic E-state index is -0.938. The molecular formula is C25H44NO5+. The molecule has 0 aromatic carbocycles. The van der Waals surface area contributed by atoms with E-state index in [4.69, 9.17) is 14.3 Å². The summed E-state index contributed by atoms with van der Waals surface area (Å²) in [6.07, 6.45) is 11.7. The maximum Gasteiger partial charge on any atom is 0.307 e. The summed E-state index contributed by atoms with van der Waals surface area (Å²) in [4.78, 5) is 23.1. The number of aryl methyl sites for hydroxylation is 2. The maximum atomic E-state index is 12.1. The molecule has 1 heterocycles. The van der Waals surface area contributed by atoms with Gasteiger partial charge in [-0.05, 0) is 31.4 Å². The summed E-state index contributed by atoms with van der Waals surface area (Å²) in [5.41, 5.74) is 0. The highest BCUT2D eigenvalue weighted by molar-refractivity contribution is 5.71. The highest BCUT2D eigenvalue weighted by Crippen LogP contribution is 2.16. The standard InChI is InChI=1S/C25H43NO5/c1-5-6-7-11-14-21-17-18-22(30-21)15-12-9-8-10-13-16-25(29)31-23(19-24(27)28)20-26(2,3)4/h17-18,23H,5-16,19-20H2,1-4H3/p+1. The number of unbranched alkanes of at least 4 members (excludes halogenated alkanes) is 7. The summed E-state index contributed by atoms with van der Waals surface area (Å²) in [7, 11) is 5.87. The Morgan fingerprint density at radius 2 is 1.48 bits per heavy atom. The zero-order chi connectivity index (χ0) is 23.1. The summed E-state index contributed by atoms with van der Waals surface area (Å²) in [6, 6.07) is 4.22. The van der Waals surface area contributed by atoms with Crippen LogP contribution in [-0.2, 0) is 27.2 Å². The molecule has 0 bridgehead atoms. The Balaban J connectivity index is 2.12. The molecule has 178 valence electrons. The third kappa shape index (κ3) is 14.8. The SMILES string of the molecule is CCCCCCc1ccc(CCCCCCCC(=O)OC(CC(=O)O)C[N+](C)(C)C)o1. The molecule has 0 radical (unpaired) electrons. The zero-order valence-electron chi connectivity index (χ0n) is 20.2. The fourth-order valence-electron chi connectivity index (χ4n) is 3.71. The molecule has 0 amide bonds. The van der Waals surface area contributed by atoms with E-state index >= 15 is 0 Å². The lowest BCUT2D eigenvalue weighted by Gasteiger charge is -2.28. The van der Waals surface area contributed by atoms with Crippen LogP contribution in [0.3, 0.4) is 0 Å². The number of rotatable bonds is 18. The van der Waals surface area contributed by atoms with Gasteiger partial charge >= 0.3 is 11.9 Å². The lowest BCUT2D eigenvalue weighted by molar-refractivity contribution is -0.873. The third-order valence-electron chi connectivity index (χ3n) is 5.25.